The third-order valence-corrected chi connectivity index (χ3v) is 5.25. The van der Waals surface area contributed by atoms with Gasteiger partial charge in [0.25, 0.3) is 5.91 Å². The summed E-state index contributed by atoms with van der Waals surface area (Å²) >= 11 is 1.64. The number of hydrogen-bond donors (Lipinski definition) is 1. The van der Waals surface area contributed by atoms with Gasteiger partial charge in [-0.2, -0.15) is 0 Å². The number of rotatable bonds is 3. The molecule has 2 nitrogen and oxygen atoms in total. The van der Waals surface area contributed by atoms with Crippen molar-refractivity contribution in [3.63, 3.8) is 0 Å². The first-order chi connectivity index (χ1) is 8.41. The molecule has 1 atom stereocenters. The van der Waals surface area contributed by atoms with Crippen LogP contribution in [0.15, 0.2) is 6.07 Å². The molecule has 18 heavy (non-hydrogen) atoms. The number of amides is 1. The lowest BCUT2D eigenvalue weighted by molar-refractivity contribution is 0.0940. The summed E-state index contributed by atoms with van der Waals surface area (Å²) in [5, 5.41) is 3.19. The molecule has 2 rings (SSSR count). The van der Waals surface area contributed by atoms with E-state index in [1.807, 2.05) is 6.07 Å². The van der Waals surface area contributed by atoms with Gasteiger partial charge in [0.15, 0.2) is 0 Å². The highest BCUT2D eigenvalue weighted by molar-refractivity contribution is 7.14. The van der Waals surface area contributed by atoms with Crippen LogP contribution in [-0.2, 0) is 6.42 Å². The Morgan fingerprint density at radius 3 is 2.78 bits per heavy atom. The lowest BCUT2D eigenvalue weighted by atomic mass is 9.92. The van der Waals surface area contributed by atoms with Gasteiger partial charge in [-0.3, -0.25) is 4.79 Å². The zero-order chi connectivity index (χ0) is 13.3. The lowest BCUT2D eigenvalue weighted by Crippen LogP contribution is -2.33. The van der Waals surface area contributed by atoms with Crippen LogP contribution in [0.2, 0.25) is 0 Å². The molecule has 0 spiro atoms. The number of thiophene rings is 1. The predicted molar refractivity (Wildman–Crippen MR) is 77.3 cm³/mol. The van der Waals surface area contributed by atoms with E-state index in [0.717, 1.165) is 24.1 Å². The van der Waals surface area contributed by atoms with Crippen LogP contribution >= 0.6 is 11.3 Å². The summed E-state index contributed by atoms with van der Waals surface area (Å²) in [7, 11) is 0. The highest BCUT2D eigenvalue weighted by Gasteiger charge is 2.32. The van der Waals surface area contributed by atoms with E-state index in [1.54, 1.807) is 11.3 Å². The fraction of sp³-hybridized carbons (Fsp3) is 0.667. The molecule has 1 amide bonds. The summed E-state index contributed by atoms with van der Waals surface area (Å²) in [6, 6.07) is 2.39. The smallest absolute Gasteiger partial charge is 0.261 e. The molecule has 1 N–H and O–H groups in total. The minimum atomic E-state index is 0.116. The third-order valence-electron chi connectivity index (χ3n) is 3.87. The summed E-state index contributed by atoms with van der Waals surface area (Å²) < 4.78 is 0. The van der Waals surface area contributed by atoms with Gasteiger partial charge in [-0.05, 0) is 49.7 Å². The molecule has 0 saturated heterocycles. The first-order valence-electron chi connectivity index (χ1n) is 6.81. The SMILES string of the molecule is CCc1sc(C(=O)NC2CCC(C)(C)C2)cc1C. The minimum absolute atomic E-state index is 0.116. The molecular weight excluding hydrogens is 242 g/mol. The van der Waals surface area contributed by atoms with Crippen molar-refractivity contribution < 1.29 is 4.79 Å². The first kappa shape index (κ1) is 13.6. The standard InChI is InChI=1S/C15H23NOS/c1-5-12-10(2)8-13(18-12)14(17)16-11-6-7-15(3,4)9-11/h8,11H,5-7,9H2,1-4H3,(H,16,17). The summed E-state index contributed by atoms with van der Waals surface area (Å²) in [5.41, 5.74) is 1.64. The molecule has 1 aliphatic carbocycles. The van der Waals surface area contributed by atoms with E-state index < -0.39 is 0 Å². The van der Waals surface area contributed by atoms with E-state index >= 15 is 0 Å². The van der Waals surface area contributed by atoms with E-state index in [2.05, 4.69) is 33.0 Å². The highest BCUT2D eigenvalue weighted by Crippen LogP contribution is 2.37. The molecule has 1 aromatic rings. The summed E-state index contributed by atoms with van der Waals surface area (Å²) in [6.07, 6.45) is 4.44. The Morgan fingerprint density at radius 2 is 2.28 bits per heavy atom. The number of aryl methyl sites for hydroxylation is 2. The molecule has 0 bridgehead atoms. The molecule has 100 valence electrons. The average Bonchev–Trinajstić information content (AvgIpc) is 2.81. The molecule has 0 radical (unpaired) electrons. The van der Waals surface area contributed by atoms with Crippen LogP contribution in [0.1, 0.15) is 60.1 Å². The van der Waals surface area contributed by atoms with Crippen molar-refractivity contribution in [1.29, 1.82) is 0 Å². The van der Waals surface area contributed by atoms with Gasteiger partial charge in [-0.25, -0.2) is 0 Å². The van der Waals surface area contributed by atoms with Crippen molar-refractivity contribution in [3.8, 4) is 0 Å². The highest BCUT2D eigenvalue weighted by atomic mass is 32.1. The van der Waals surface area contributed by atoms with Crippen LogP contribution in [0.5, 0.6) is 0 Å². The maximum Gasteiger partial charge on any atom is 0.261 e. The quantitative estimate of drug-likeness (QED) is 0.881. The van der Waals surface area contributed by atoms with E-state index in [1.165, 1.54) is 16.9 Å². The Labute approximate surface area is 114 Å². The van der Waals surface area contributed by atoms with E-state index in [-0.39, 0.29) is 5.91 Å². The Hall–Kier alpha value is -0.830. The van der Waals surface area contributed by atoms with Crippen molar-refractivity contribution in [2.24, 2.45) is 5.41 Å². The van der Waals surface area contributed by atoms with Gasteiger partial charge in [0.1, 0.15) is 0 Å². The molecule has 0 aliphatic heterocycles. The van der Waals surface area contributed by atoms with Crippen molar-refractivity contribution >= 4 is 17.2 Å². The Balaban J connectivity index is 2.00. The minimum Gasteiger partial charge on any atom is -0.349 e. The van der Waals surface area contributed by atoms with Crippen LogP contribution in [0.4, 0.5) is 0 Å². The van der Waals surface area contributed by atoms with Crippen molar-refractivity contribution in [2.75, 3.05) is 0 Å². The normalized spacial score (nSPS) is 22.1. The molecule has 0 aromatic carbocycles. The predicted octanol–water partition coefficient (Wildman–Crippen LogP) is 3.93. The number of carbonyl (C=O) groups excluding carboxylic acids is 1. The number of nitrogens with one attached hydrogen (secondary N) is 1. The van der Waals surface area contributed by atoms with Crippen molar-refractivity contribution in [3.05, 3.63) is 21.4 Å². The fourth-order valence-corrected chi connectivity index (χ4v) is 3.82. The molecular formula is C15H23NOS. The van der Waals surface area contributed by atoms with Crippen LogP contribution in [0.25, 0.3) is 0 Å². The van der Waals surface area contributed by atoms with Gasteiger partial charge in [0.05, 0.1) is 4.88 Å². The summed E-state index contributed by atoms with van der Waals surface area (Å²) in [5.74, 6) is 0.116. The van der Waals surface area contributed by atoms with E-state index in [9.17, 15) is 4.79 Å². The maximum absolute atomic E-state index is 12.2. The van der Waals surface area contributed by atoms with Crippen molar-refractivity contribution in [2.45, 2.75) is 59.4 Å². The molecule has 1 fully saturated rings. The second-order valence-electron chi connectivity index (χ2n) is 6.15. The lowest BCUT2D eigenvalue weighted by Gasteiger charge is -2.17. The summed E-state index contributed by atoms with van der Waals surface area (Å²) in [4.78, 5) is 14.4. The molecule has 1 aliphatic rings. The van der Waals surface area contributed by atoms with Gasteiger partial charge < -0.3 is 5.32 Å². The van der Waals surface area contributed by atoms with Crippen molar-refractivity contribution in [1.82, 2.24) is 5.32 Å². The molecule has 1 saturated carbocycles. The molecule has 1 aromatic heterocycles. The Morgan fingerprint density at radius 1 is 1.56 bits per heavy atom. The van der Waals surface area contributed by atoms with Gasteiger partial charge in [0.2, 0.25) is 0 Å². The van der Waals surface area contributed by atoms with Gasteiger partial charge in [-0.1, -0.05) is 20.8 Å². The molecule has 1 heterocycles. The maximum atomic E-state index is 12.2. The second-order valence-corrected chi connectivity index (χ2v) is 7.28. The topological polar surface area (TPSA) is 29.1 Å². The molecule has 3 heteroatoms. The van der Waals surface area contributed by atoms with Crippen LogP contribution in [0, 0.1) is 12.3 Å². The fourth-order valence-electron chi connectivity index (χ4n) is 2.80. The number of carbonyl (C=O) groups is 1. The summed E-state index contributed by atoms with van der Waals surface area (Å²) in [6.45, 7) is 8.79. The van der Waals surface area contributed by atoms with Crippen LogP contribution in [0.3, 0.4) is 0 Å². The zero-order valence-electron chi connectivity index (χ0n) is 11.8. The Bertz CT molecular complexity index is 447. The number of hydrogen-bond acceptors (Lipinski definition) is 2. The van der Waals surface area contributed by atoms with Gasteiger partial charge >= 0.3 is 0 Å². The zero-order valence-corrected chi connectivity index (χ0v) is 12.6. The molecule has 1 unspecified atom stereocenters. The van der Waals surface area contributed by atoms with Gasteiger partial charge in [0, 0.05) is 10.9 Å². The van der Waals surface area contributed by atoms with Crippen LogP contribution in [-0.4, -0.2) is 11.9 Å². The van der Waals surface area contributed by atoms with E-state index in [0.29, 0.717) is 11.5 Å². The van der Waals surface area contributed by atoms with E-state index in [4.69, 9.17) is 0 Å². The second kappa shape index (κ2) is 5.04. The van der Waals surface area contributed by atoms with Crippen LogP contribution < -0.4 is 5.32 Å². The monoisotopic (exact) mass is 265 g/mol. The third kappa shape index (κ3) is 2.94. The van der Waals surface area contributed by atoms with Gasteiger partial charge in [-0.15, -0.1) is 11.3 Å². The average molecular weight is 265 g/mol. The largest absolute Gasteiger partial charge is 0.349 e. The first-order valence-corrected chi connectivity index (χ1v) is 7.63. The Kier molecular flexibility index (Phi) is 3.81.